The number of H-pyrrole nitrogens is 1. The van der Waals surface area contributed by atoms with Crippen molar-refractivity contribution in [3.05, 3.63) is 22.2 Å². The van der Waals surface area contributed by atoms with Crippen LogP contribution >= 0.6 is 12.2 Å². The summed E-state index contributed by atoms with van der Waals surface area (Å²) in [4.78, 5) is 12.4. The van der Waals surface area contributed by atoms with Gasteiger partial charge >= 0.3 is 0 Å². The van der Waals surface area contributed by atoms with Crippen molar-refractivity contribution in [1.29, 1.82) is 0 Å². The molecule has 0 spiro atoms. The van der Waals surface area contributed by atoms with Crippen LogP contribution in [0.2, 0.25) is 0 Å². The number of rotatable bonds is 6. The topological polar surface area (TPSA) is 62.7 Å². The minimum absolute atomic E-state index is 0.0520. The standard InChI is InChI=1S/C17H28N4OS/c1-10(2)9-12-13(17(12,5)6)15(22)18-7-8-21-14(11(3)4)19-20-16(21)23/h9,11-13H,7-8H2,1-6H3,(H,18,22)(H,20,23)/t12-,13+/m0/s1. The van der Waals surface area contributed by atoms with Crippen LogP contribution < -0.4 is 5.32 Å². The number of aromatic amines is 1. The number of allylic oxidation sites excluding steroid dienone is 2. The SMILES string of the molecule is CC(C)=C[C@H]1[C@H](C(=O)NCCn2c(C(C)C)n[nH]c2=S)C1(C)C. The van der Waals surface area contributed by atoms with E-state index in [2.05, 4.69) is 63.1 Å². The molecule has 1 aliphatic carbocycles. The van der Waals surface area contributed by atoms with Gasteiger partial charge in [0.05, 0.1) is 5.92 Å². The van der Waals surface area contributed by atoms with Crippen molar-refractivity contribution >= 4 is 18.1 Å². The molecule has 1 aromatic rings. The lowest BCUT2D eigenvalue weighted by Gasteiger charge is -2.10. The smallest absolute Gasteiger partial charge is 0.224 e. The van der Waals surface area contributed by atoms with Gasteiger partial charge in [-0.1, -0.05) is 39.3 Å². The molecule has 0 saturated heterocycles. The normalized spacial score (nSPS) is 22.0. The van der Waals surface area contributed by atoms with Crippen molar-refractivity contribution in [2.45, 2.75) is 54.0 Å². The zero-order valence-electron chi connectivity index (χ0n) is 14.9. The van der Waals surface area contributed by atoms with Crippen molar-refractivity contribution < 1.29 is 4.79 Å². The summed E-state index contributed by atoms with van der Waals surface area (Å²) >= 11 is 5.26. The zero-order chi connectivity index (χ0) is 17.4. The summed E-state index contributed by atoms with van der Waals surface area (Å²) in [6.45, 7) is 13.9. The number of aromatic nitrogens is 3. The second-order valence-corrected chi connectivity index (χ2v) is 7.94. The molecule has 0 aromatic carbocycles. The lowest BCUT2D eigenvalue weighted by atomic mass is 10.1. The predicted molar refractivity (Wildman–Crippen MR) is 94.7 cm³/mol. The van der Waals surface area contributed by atoms with Gasteiger partial charge in [0.1, 0.15) is 5.82 Å². The molecule has 6 heteroatoms. The van der Waals surface area contributed by atoms with E-state index in [-0.39, 0.29) is 17.2 Å². The first-order valence-electron chi connectivity index (χ1n) is 8.24. The Bertz CT molecular complexity index is 664. The highest BCUT2D eigenvalue weighted by Gasteiger charge is 2.60. The van der Waals surface area contributed by atoms with Crippen LogP contribution in [0, 0.1) is 22.0 Å². The second kappa shape index (κ2) is 6.59. The van der Waals surface area contributed by atoms with Crippen LogP contribution in [0.3, 0.4) is 0 Å². The first kappa shape index (κ1) is 17.9. The average Bonchev–Trinajstić information content (AvgIpc) is 2.76. The average molecular weight is 337 g/mol. The Morgan fingerprint density at radius 2 is 2.13 bits per heavy atom. The van der Waals surface area contributed by atoms with Crippen LogP contribution in [0.1, 0.15) is 53.3 Å². The fourth-order valence-corrected chi connectivity index (χ4v) is 3.47. The summed E-state index contributed by atoms with van der Waals surface area (Å²) in [6, 6.07) is 0. The number of nitrogens with zero attached hydrogens (tertiary/aromatic N) is 2. The van der Waals surface area contributed by atoms with Crippen LogP contribution in [-0.2, 0) is 11.3 Å². The van der Waals surface area contributed by atoms with Crippen molar-refractivity contribution in [1.82, 2.24) is 20.1 Å². The van der Waals surface area contributed by atoms with E-state index in [1.54, 1.807) is 0 Å². The molecule has 5 nitrogen and oxygen atoms in total. The van der Waals surface area contributed by atoms with Crippen LogP contribution in [0.25, 0.3) is 0 Å². The van der Waals surface area contributed by atoms with E-state index in [1.807, 2.05) is 4.57 Å². The monoisotopic (exact) mass is 336 g/mol. The molecule has 2 atom stereocenters. The predicted octanol–water partition coefficient (Wildman–Crippen LogP) is 3.42. The summed E-state index contributed by atoms with van der Waals surface area (Å²) in [5.41, 5.74) is 1.32. The summed E-state index contributed by atoms with van der Waals surface area (Å²) in [7, 11) is 0. The maximum absolute atomic E-state index is 12.4. The summed E-state index contributed by atoms with van der Waals surface area (Å²) in [6.07, 6.45) is 2.22. The van der Waals surface area contributed by atoms with Gasteiger partial charge in [0.2, 0.25) is 5.91 Å². The van der Waals surface area contributed by atoms with Gasteiger partial charge in [-0.15, -0.1) is 0 Å². The Morgan fingerprint density at radius 3 is 2.70 bits per heavy atom. The van der Waals surface area contributed by atoms with Crippen molar-refractivity contribution in [3.8, 4) is 0 Å². The third-order valence-corrected chi connectivity index (χ3v) is 4.96. The van der Waals surface area contributed by atoms with Crippen molar-refractivity contribution in [2.24, 2.45) is 17.3 Å². The summed E-state index contributed by atoms with van der Waals surface area (Å²) < 4.78 is 2.57. The van der Waals surface area contributed by atoms with Gasteiger partial charge in [-0.3, -0.25) is 9.89 Å². The molecular weight excluding hydrogens is 308 g/mol. The van der Waals surface area contributed by atoms with E-state index in [4.69, 9.17) is 12.2 Å². The molecule has 0 radical (unpaired) electrons. The van der Waals surface area contributed by atoms with Gasteiger partial charge in [0, 0.05) is 19.0 Å². The molecule has 23 heavy (non-hydrogen) atoms. The Hall–Kier alpha value is -1.43. The third-order valence-electron chi connectivity index (χ3n) is 4.64. The van der Waals surface area contributed by atoms with E-state index in [1.165, 1.54) is 5.57 Å². The van der Waals surface area contributed by atoms with Gasteiger partial charge in [-0.05, 0) is 37.4 Å². The van der Waals surface area contributed by atoms with Crippen LogP contribution in [-0.4, -0.2) is 27.2 Å². The maximum Gasteiger partial charge on any atom is 0.224 e. The lowest BCUT2D eigenvalue weighted by Crippen LogP contribution is -2.30. The lowest BCUT2D eigenvalue weighted by molar-refractivity contribution is -0.123. The van der Waals surface area contributed by atoms with E-state index < -0.39 is 0 Å². The fraction of sp³-hybridized carbons (Fsp3) is 0.706. The molecule has 2 N–H and O–H groups in total. The number of hydrogen-bond donors (Lipinski definition) is 2. The number of amides is 1. The van der Waals surface area contributed by atoms with E-state index in [0.29, 0.717) is 29.7 Å². The number of nitrogens with one attached hydrogen (secondary N) is 2. The first-order chi connectivity index (χ1) is 10.7. The molecule has 1 aromatic heterocycles. The minimum Gasteiger partial charge on any atom is -0.354 e. The molecular formula is C17H28N4OS. The number of carbonyl (C=O) groups excluding carboxylic acids is 1. The fourth-order valence-electron chi connectivity index (χ4n) is 3.24. The van der Waals surface area contributed by atoms with Gasteiger partial charge < -0.3 is 9.88 Å². The molecule has 0 aliphatic heterocycles. The Labute approximate surface area is 143 Å². The van der Waals surface area contributed by atoms with E-state index >= 15 is 0 Å². The third kappa shape index (κ3) is 3.74. The quantitative estimate of drug-likeness (QED) is 0.618. The van der Waals surface area contributed by atoms with Crippen LogP contribution in [0.4, 0.5) is 0 Å². The summed E-state index contributed by atoms with van der Waals surface area (Å²) in [5, 5.41) is 10.1. The van der Waals surface area contributed by atoms with Gasteiger partial charge in [-0.25, -0.2) is 0 Å². The molecule has 0 bridgehead atoms. The number of hydrogen-bond acceptors (Lipinski definition) is 3. The second-order valence-electron chi connectivity index (χ2n) is 7.55. The van der Waals surface area contributed by atoms with Gasteiger partial charge in [0.25, 0.3) is 0 Å². The molecule has 128 valence electrons. The molecule has 1 fully saturated rings. The van der Waals surface area contributed by atoms with Crippen molar-refractivity contribution in [2.75, 3.05) is 6.54 Å². The van der Waals surface area contributed by atoms with Crippen molar-refractivity contribution in [3.63, 3.8) is 0 Å². The highest BCUT2D eigenvalue weighted by Crippen LogP contribution is 2.59. The first-order valence-corrected chi connectivity index (χ1v) is 8.65. The minimum atomic E-state index is 0.0520. The van der Waals surface area contributed by atoms with Gasteiger partial charge in [0.15, 0.2) is 4.77 Å². The summed E-state index contributed by atoms with van der Waals surface area (Å²) in [5.74, 6) is 1.77. The Balaban J connectivity index is 1.93. The Kier molecular flexibility index (Phi) is 5.14. The molecule has 0 unspecified atom stereocenters. The largest absolute Gasteiger partial charge is 0.354 e. The maximum atomic E-state index is 12.4. The molecule has 1 saturated carbocycles. The van der Waals surface area contributed by atoms with E-state index in [0.717, 1.165) is 5.82 Å². The highest BCUT2D eigenvalue weighted by molar-refractivity contribution is 7.71. The molecule has 2 rings (SSSR count). The molecule has 1 aliphatic rings. The van der Waals surface area contributed by atoms with Crippen LogP contribution in [0.5, 0.6) is 0 Å². The van der Waals surface area contributed by atoms with E-state index in [9.17, 15) is 4.79 Å². The zero-order valence-corrected chi connectivity index (χ0v) is 15.8. The van der Waals surface area contributed by atoms with Crippen LogP contribution in [0.15, 0.2) is 11.6 Å². The van der Waals surface area contributed by atoms with Gasteiger partial charge in [-0.2, -0.15) is 5.10 Å². The molecule has 1 heterocycles. The highest BCUT2D eigenvalue weighted by atomic mass is 32.1. The number of carbonyl (C=O) groups is 1. The Morgan fingerprint density at radius 1 is 1.48 bits per heavy atom. The molecule has 1 amide bonds.